The van der Waals surface area contributed by atoms with Crippen molar-refractivity contribution < 1.29 is 4.74 Å². The molecule has 1 aliphatic heterocycles. The zero-order chi connectivity index (χ0) is 6.53. The van der Waals surface area contributed by atoms with Crippen molar-refractivity contribution in [2.45, 2.75) is 6.10 Å². The molecule has 4 N–H and O–H groups in total. The molecule has 0 saturated carbocycles. The van der Waals surface area contributed by atoms with Crippen LogP contribution in [0.4, 0.5) is 0 Å². The Bertz CT molecular complexity index is 74.5. The van der Waals surface area contributed by atoms with E-state index in [4.69, 9.17) is 10.6 Å². The van der Waals surface area contributed by atoms with Crippen LogP contribution < -0.4 is 16.6 Å². The van der Waals surface area contributed by atoms with Gasteiger partial charge < -0.3 is 10.1 Å². The molecule has 1 aliphatic rings. The third kappa shape index (κ3) is 3.34. The topological polar surface area (TPSA) is 59.3 Å². The van der Waals surface area contributed by atoms with Crippen molar-refractivity contribution in [1.29, 1.82) is 0 Å². The molecule has 1 heterocycles. The molecule has 0 amide bonds. The van der Waals surface area contributed by atoms with Crippen LogP contribution in [0.5, 0.6) is 0 Å². The summed E-state index contributed by atoms with van der Waals surface area (Å²) in [4.78, 5) is 0. The number of nitrogens with two attached hydrogens (primary N) is 1. The van der Waals surface area contributed by atoms with Gasteiger partial charge in [-0.15, -0.1) is 12.4 Å². The molecule has 0 aromatic carbocycles. The molecule has 1 atom stereocenters. The van der Waals surface area contributed by atoms with Gasteiger partial charge in [-0.2, -0.15) is 0 Å². The van der Waals surface area contributed by atoms with Gasteiger partial charge in [-0.3, -0.25) is 11.3 Å². The van der Waals surface area contributed by atoms with Gasteiger partial charge in [0.15, 0.2) is 0 Å². The predicted octanol–water partition coefficient (Wildman–Crippen LogP) is -1.14. The number of halogens is 1. The zero-order valence-corrected chi connectivity index (χ0v) is 6.62. The number of nitrogens with one attached hydrogen (secondary N) is 2. The lowest BCUT2D eigenvalue weighted by molar-refractivity contribution is 0.0294. The van der Waals surface area contributed by atoms with Crippen molar-refractivity contribution in [2.24, 2.45) is 5.84 Å². The van der Waals surface area contributed by atoms with Gasteiger partial charge in [0.05, 0.1) is 12.7 Å². The van der Waals surface area contributed by atoms with Gasteiger partial charge in [-0.25, -0.2) is 0 Å². The summed E-state index contributed by atoms with van der Waals surface area (Å²) in [5.74, 6) is 5.10. The van der Waals surface area contributed by atoms with Crippen LogP contribution in [-0.2, 0) is 4.74 Å². The highest BCUT2D eigenvalue weighted by atomic mass is 35.5. The Morgan fingerprint density at radius 2 is 2.50 bits per heavy atom. The molecule has 1 unspecified atom stereocenters. The van der Waals surface area contributed by atoms with Crippen molar-refractivity contribution in [3.05, 3.63) is 0 Å². The fraction of sp³-hybridized carbons (Fsp3) is 1.00. The zero-order valence-electron chi connectivity index (χ0n) is 5.80. The summed E-state index contributed by atoms with van der Waals surface area (Å²) >= 11 is 0. The van der Waals surface area contributed by atoms with E-state index in [1.54, 1.807) is 0 Å². The Kier molecular flexibility index (Phi) is 5.96. The highest BCUT2D eigenvalue weighted by Gasteiger charge is 2.10. The second-order valence-electron chi connectivity index (χ2n) is 2.11. The minimum absolute atomic E-state index is 0. The molecular weight excluding hydrogens is 154 g/mol. The van der Waals surface area contributed by atoms with E-state index in [9.17, 15) is 0 Å². The van der Waals surface area contributed by atoms with E-state index in [1.165, 1.54) is 0 Å². The fourth-order valence-electron chi connectivity index (χ4n) is 0.882. The average Bonchev–Trinajstić information content (AvgIpc) is 1.91. The number of hydrazine groups is 1. The van der Waals surface area contributed by atoms with Crippen LogP contribution in [0, 0.1) is 0 Å². The molecule has 1 saturated heterocycles. The summed E-state index contributed by atoms with van der Waals surface area (Å²) in [5, 5.41) is 3.20. The maximum atomic E-state index is 5.31. The van der Waals surface area contributed by atoms with Gasteiger partial charge in [0.1, 0.15) is 0 Å². The minimum atomic E-state index is 0. The monoisotopic (exact) mass is 167 g/mol. The molecule has 0 aromatic heterocycles. The first kappa shape index (κ1) is 10.1. The Balaban J connectivity index is 0.000000810. The maximum Gasteiger partial charge on any atom is 0.0838 e. The summed E-state index contributed by atoms with van der Waals surface area (Å²) in [5.41, 5.74) is 2.57. The van der Waals surface area contributed by atoms with Crippen molar-refractivity contribution >= 4 is 12.4 Å². The first-order chi connectivity index (χ1) is 4.43. The SMILES string of the molecule is Cl.NNCC1CNCCO1. The first-order valence-corrected chi connectivity index (χ1v) is 3.19. The van der Waals surface area contributed by atoms with Crippen molar-refractivity contribution in [2.75, 3.05) is 26.2 Å². The van der Waals surface area contributed by atoms with Crippen LogP contribution in [0.3, 0.4) is 0 Å². The normalized spacial score (nSPS) is 25.5. The summed E-state index contributed by atoms with van der Waals surface area (Å²) < 4.78 is 5.31. The quantitative estimate of drug-likeness (QED) is 0.360. The van der Waals surface area contributed by atoms with Gasteiger partial charge in [0.25, 0.3) is 0 Å². The van der Waals surface area contributed by atoms with E-state index in [1.807, 2.05) is 0 Å². The van der Waals surface area contributed by atoms with Gasteiger partial charge in [0.2, 0.25) is 0 Å². The van der Waals surface area contributed by atoms with Crippen LogP contribution in [-0.4, -0.2) is 32.3 Å². The minimum Gasteiger partial charge on any atom is -0.374 e. The molecule has 5 heteroatoms. The van der Waals surface area contributed by atoms with E-state index >= 15 is 0 Å². The third-order valence-electron chi connectivity index (χ3n) is 1.35. The Morgan fingerprint density at radius 1 is 1.70 bits per heavy atom. The lowest BCUT2D eigenvalue weighted by Crippen LogP contribution is -2.45. The maximum absolute atomic E-state index is 5.31. The van der Waals surface area contributed by atoms with Crippen molar-refractivity contribution in [3.63, 3.8) is 0 Å². The summed E-state index contributed by atoms with van der Waals surface area (Å²) in [6, 6.07) is 0. The predicted molar refractivity (Wildman–Crippen MR) is 42.0 cm³/mol. The van der Waals surface area contributed by atoms with Crippen LogP contribution in [0.1, 0.15) is 0 Å². The number of hydrogen-bond donors (Lipinski definition) is 3. The fourth-order valence-corrected chi connectivity index (χ4v) is 0.882. The molecule has 0 aromatic rings. The largest absolute Gasteiger partial charge is 0.374 e. The Hall–Kier alpha value is 0.130. The van der Waals surface area contributed by atoms with E-state index in [0.29, 0.717) is 0 Å². The Labute approximate surface area is 66.9 Å². The van der Waals surface area contributed by atoms with Crippen LogP contribution in [0.25, 0.3) is 0 Å². The molecule has 0 aliphatic carbocycles. The van der Waals surface area contributed by atoms with Gasteiger partial charge in [0, 0.05) is 19.6 Å². The molecule has 0 bridgehead atoms. The highest BCUT2D eigenvalue weighted by Crippen LogP contribution is 1.92. The molecule has 1 fully saturated rings. The molecule has 4 nitrogen and oxygen atoms in total. The molecule has 1 rings (SSSR count). The molecule has 0 radical (unpaired) electrons. The smallest absolute Gasteiger partial charge is 0.0838 e. The van der Waals surface area contributed by atoms with Crippen molar-refractivity contribution in [1.82, 2.24) is 10.7 Å². The number of hydrogen-bond acceptors (Lipinski definition) is 4. The van der Waals surface area contributed by atoms with Crippen LogP contribution in [0.15, 0.2) is 0 Å². The first-order valence-electron chi connectivity index (χ1n) is 3.19. The van der Waals surface area contributed by atoms with Crippen LogP contribution >= 0.6 is 12.4 Å². The van der Waals surface area contributed by atoms with Crippen molar-refractivity contribution in [3.8, 4) is 0 Å². The van der Waals surface area contributed by atoms with Gasteiger partial charge in [-0.05, 0) is 0 Å². The number of morpholine rings is 1. The molecule has 10 heavy (non-hydrogen) atoms. The second-order valence-corrected chi connectivity index (χ2v) is 2.11. The lowest BCUT2D eigenvalue weighted by atomic mass is 10.3. The summed E-state index contributed by atoms with van der Waals surface area (Å²) in [6.07, 6.45) is 0.253. The second kappa shape index (κ2) is 5.88. The van der Waals surface area contributed by atoms with Crippen LogP contribution in [0.2, 0.25) is 0 Å². The van der Waals surface area contributed by atoms with Gasteiger partial charge in [-0.1, -0.05) is 0 Å². The summed E-state index contributed by atoms with van der Waals surface area (Å²) in [6.45, 7) is 3.39. The van der Waals surface area contributed by atoms with E-state index in [0.717, 1.165) is 26.2 Å². The Morgan fingerprint density at radius 3 is 3.00 bits per heavy atom. The number of rotatable bonds is 2. The third-order valence-corrected chi connectivity index (χ3v) is 1.35. The molecular formula is C5H14ClN3O. The molecule has 62 valence electrons. The number of ether oxygens (including phenoxy) is 1. The standard InChI is InChI=1S/C5H13N3O.ClH/c6-8-4-5-3-7-1-2-9-5;/h5,7-8H,1-4,6H2;1H. The molecule has 0 spiro atoms. The lowest BCUT2D eigenvalue weighted by Gasteiger charge is -2.22. The highest BCUT2D eigenvalue weighted by molar-refractivity contribution is 5.85. The van der Waals surface area contributed by atoms with E-state index < -0.39 is 0 Å². The van der Waals surface area contributed by atoms with E-state index in [-0.39, 0.29) is 18.5 Å². The average molecular weight is 168 g/mol. The summed E-state index contributed by atoms with van der Waals surface area (Å²) in [7, 11) is 0. The van der Waals surface area contributed by atoms with E-state index in [2.05, 4.69) is 10.7 Å². The van der Waals surface area contributed by atoms with Gasteiger partial charge >= 0.3 is 0 Å².